The molecule has 0 bridgehead atoms. The molecule has 0 radical (unpaired) electrons. The number of nitrogens with one attached hydrogen (secondary N) is 1. The predicted octanol–water partition coefficient (Wildman–Crippen LogP) is 1.80. The molecule has 1 aliphatic rings. The van der Waals surface area contributed by atoms with Gasteiger partial charge in [-0.25, -0.2) is 0 Å². The molecule has 2 N–H and O–H groups in total. The lowest BCUT2D eigenvalue weighted by Crippen LogP contribution is -2.20. The van der Waals surface area contributed by atoms with E-state index in [0.29, 0.717) is 13.2 Å². The van der Waals surface area contributed by atoms with Crippen molar-refractivity contribution in [3.63, 3.8) is 0 Å². The molecule has 0 saturated carbocycles. The Labute approximate surface area is 108 Å². The quantitative estimate of drug-likeness (QED) is 0.838. The second kappa shape index (κ2) is 6.07. The minimum atomic E-state index is 0.224. The summed E-state index contributed by atoms with van der Waals surface area (Å²) >= 11 is 0. The van der Waals surface area contributed by atoms with E-state index in [1.807, 2.05) is 13.1 Å². The molecular weight excluding hydrogens is 230 g/mol. The number of benzene rings is 1. The summed E-state index contributed by atoms with van der Waals surface area (Å²) in [5.41, 5.74) is 2.41. The standard InChI is InChI=1S/C14H21NO3/c1-10-8-13-14(18-7-6-17-13)9-11(10)12(15-2)4-3-5-16/h8-9,12,15-16H,3-7H2,1-2H3. The molecule has 4 heteroatoms. The molecule has 1 aromatic carbocycles. The smallest absolute Gasteiger partial charge is 0.161 e. The summed E-state index contributed by atoms with van der Waals surface area (Å²) in [4.78, 5) is 0. The molecule has 2 rings (SSSR count). The van der Waals surface area contributed by atoms with Crippen LogP contribution in [0.4, 0.5) is 0 Å². The zero-order chi connectivity index (χ0) is 13.0. The van der Waals surface area contributed by atoms with Gasteiger partial charge in [0.1, 0.15) is 13.2 Å². The Morgan fingerprint density at radius 2 is 1.94 bits per heavy atom. The molecule has 1 heterocycles. The van der Waals surface area contributed by atoms with E-state index in [9.17, 15) is 0 Å². The fourth-order valence-electron chi connectivity index (χ4n) is 2.33. The van der Waals surface area contributed by atoms with Crippen LogP contribution < -0.4 is 14.8 Å². The number of aliphatic hydroxyl groups excluding tert-OH is 1. The van der Waals surface area contributed by atoms with Crippen LogP contribution in [0.15, 0.2) is 12.1 Å². The summed E-state index contributed by atoms with van der Waals surface area (Å²) < 4.78 is 11.2. The topological polar surface area (TPSA) is 50.7 Å². The van der Waals surface area contributed by atoms with Crippen LogP contribution in [0.3, 0.4) is 0 Å². The van der Waals surface area contributed by atoms with Gasteiger partial charge in [-0.3, -0.25) is 0 Å². The Kier molecular flexibility index (Phi) is 4.44. The molecule has 0 saturated heterocycles. The number of aryl methyl sites for hydroxylation is 1. The van der Waals surface area contributed by atoms with Gasteiger partial charge in [0, 0.05) is 12.6 Å². The highest BCUT2D eigenvalue weighted by Crippen LogP contribution is 2.35. The van der Waals surface area contributed by atoms with Gasteiger partial charge in [-0.05, 0) is 50.1 Å². The third-order valence-corrected chi connectivity index (χ3v) is 3.31. The first kappa shape index (κ1) is 13.2. The van der Waals surface area contributed by atoms with E-state index in [4.69, 9.17) is 14.6 Å². The Morgan fingerprint density at radius 1 is 1.28 bits per heavy atom. The van der Waals surface area contributed by atoms with E-state index in [2.05, 4.69) is 18.3 Å². The van der Waals surface area contributed by atoms with Crippen molar-refractivity contribution in [1.82, 2.24) is 5.32 Å². The van der Waals surface area contributed by atoms with E-state index in [-0.39, 0.29) is 12.6 Å². The van der Waals surface area contributed by atoms with E-state index in [1.165, 1.54) is 11.1 Å². The average molecular weight is 251 g/mol. The van der Waals surface area contributed by atoms with Crippen LogP contribution in [0, 0.1) is 6.92 Å². The van der Waals surface area contributed by atoms with E-state index >= 15 is 0 Å². The lowest BCUT2D eigenvalue weighted by Gasteiger charge is -2.24. The van der Waals surface area contributed by atoms with Gasteiger partial charge in [-0.15, -0.1) is 0 Å². The van der Waals surface area contributed by atoms with Gasteiger partial charge in [0.2, 0.25) is 0 Å². The summed E-state index contributed by atoms with van der Waals surface area (Å²) in [6.45, 7) is 3.53. The minimum absolute atomic E-state index is 0.224. The molecule has 0 aliphatic carbocycles. The van der Waals surface area contributed by atoms with Crippen molar-refractivity contribution in [3.05, 3.63) is 23.3 Å². The number of aliphatic hydroxyl groups is 1. The van der Waals surface area contributed by atoms with Crippen LogP contribution in [0.25, 0.3) is 0 Å². The van der Waals surface area contributed by atoms with Crippen molar-refractivity contribution in [2.45, 2.75) is 25.8 Å². The van der Waals surface area contributed by atoms with Crippen LogP contribution in [0.5, 0.6) is 11.5 Å². The van der Waals surface area contributed by atoms with Crippen molar-refractivity contribution < 1.29 is 14.6 Å². The number of fused-ring (bicyclic) bond motifs is 1. The van der Waals surface area contributed by atoms with Crippen LogP contribution in [0.2, 0.25) is 0 Å². The monoisotopic (exact) mass is 251 g/mol. The molecule has 100 valence electrons. The highest BCUT2D eigenvalue weighted by molar-refractivity contribution is 5.48. The van der Waals surface area contributed by atoms with E-state index in [0.717, 1.165) is 24.3 Å². The molecule has 0 spiro atoms. The van der Waals surface area contributed by atoms with Gasteiger partial charge in [-0.1, -0.05) is 0 Å². The molecule has 0 aromatic heterocycles. The van der Waals surface area contributed by atoms with Crippen molar-refractivity contribution in [2.75, 3.05) is 26.9 Å². The van der Waals surface area contributed by atoms with E-state index < -0.39 is 0 Å². The van der Waals surface area contributed by atoms with Crippen LogP contribution in [-0.4, -0.2) is 32.0 Å². The summed E-state index contributed by atoms with van der Waals surface area (Å²) in [5.74, 6) is 1.66. The normalized spacial score (nSPS) is 15.5. The Hall–Kier alpha value is -1.26. The zero-order valence-electron chi connectivity index (χ0n) is 11.0. The maximum atomic E-state index is 8.95. The third-order valence-electron chi connectivity index (χ3n) is 3.31. The molecule has 1 unspecified atom stereocenters. The van der Waals surface area contributed by atoms with Gasteiger partial charge in [-0.2, -0.15) is 0 Å². The molecule has 1 atom stereocenters. The fourth-order valence-corrected chi connectivity index (χ4v) is 2.33. The average Bonchev–Trinajstić information content (AvgIpc) is 2.40. The number of hydrogen-bond donors (Lipinski definition) is 2. The maximum Gasteiger partial charge on any atom is 0.161 e. The zero-order valence-corrected chi connectivity index (χ0v) is 11.0. The first-order chi connectivity index (χ1) is 8.76. The van der Waals surface area contributed by atoms with Crippen molar-refractivity contribution >= 4 is 0 Å². The minimum Gasteiger partial charge on any atom is -0.486 e. The number of rotatable bonds is 5. The Balaban J connectivity index is 2.25. The molecule has 18 heavy (non-hydrogen) atoms. The summed E-state index contributed by atoms with van der Waals surface area (Å²) in [7, 11) is 1.94. The van der Waals surface area contributed by atoms with Crippen molar-refractivity contribution in [2.24, 2.45) is 0 Å². The molecule has 0 amide bonds. The lowest BCUT2D eigenvalue weighted by atomic mass is 9.97. The highest BCUT2D eigenvalue weighted by Gasteiger charge is 2.18. The van der Waals surface area contributed by atoms with Gasteiger partial charge in [0.05, 0.1) is 0 Å². The maximum absolute atomic E-state index is 8.95. The first-order valence-electron chi connectivity index (χ1n) is 6.44. The van der Waals surface area contributed by atoms with E-state index in [1.54, 1.807) is 0 Å². The SMILES string of the molecule is CNC(CCCO)c1cc2c(cc1C)OCCO2. The van der Waals surface area contributed by atoms with Crippen LogP contribution in [-0.2, 0) is 0 Å². The molecule has 0 fully saturated rings. The third kappa shape index (κ3) is 2.76. The highest BCUT2D eigenvalue weighted by atomic mass is 16.6. The summed E-state index contributed by atoms with van der Waals surface area (Å²) in [5, 5.41) is 12.2. The van der Waals surface area contributed by atoms with Gasteiger partial charge in [0.25, 0.3) is 0 Å². The number of ether oxygens (including phenoxy) is 2. The van der Waals surface area contributed by atoms with Crippen molar-refractivity contribution in [3.8, 4) is 11.5 Å². The first-order valence-corrected chi connectivity index (χ1v) is 6.44. The molecule has 4 nitrogen and oxygen atoms in total. The van der Waals surface area contributed by atoms with Gasteiger partial charge < -0.3 is 19.9 Å². The summed E-state index contributed by atoms with van der Waals surface area (Å²) in [6, 6.07) is 4.34. The van der Waals surface area contributed by atoms with Crippen LogP contribution >= 0.6 is 0 Å². The second-order valence-electron chi connectivity index (χ2n) is 4.56. The number of hydrogen-bond acceptors (Lipinski definition) is 4. The van der Waals surface area contributed by atoms with Crippen LogP contribution in [0.1, 0.15) is 30.0 Å². The Bertz CT molecular complexity index is 406. The predicted molar refractivity (Wildman–Crippen MR) is 70.3 cm³/mol. The second-order valence-corrected chi connectivity index (χ2v) is 4.56. The lowest BCUT2D eigenvalue weighted by molar-refractivity contribution is 0.171. The molecular formula is C14H21NO3. The molecule has 1 aromatic rings. The van der Waals surface area contributed by atoms with Gasteiger partial charge in [0.15, 0.2) is 11.5 Å². The fraction of sp³-hybridized carbons (Fsp3) is 0.571. The summed E-state index contributed by atoms with van der Waals surface area (Å²) in [6.07, 6.45) is 1.70. The van der Waals surface area contributed by atoms with Crippen molar-refractivity contribution in [1.29, 1.82) is 0 Å². The largest absolute Gasteiger partial charge is 0.486 e. The molecule has 1 aliphatic heterocycles. The van der Waals surface area contributed by atoms with Gasteiger partial charge >= 0.3 is 0 Å². The Morgan fingerprint density at radius 3 is 2.56 bits per heavy atom.